The summed E-state index contributed by atoms with van der Waals surface area (Å²) in [5.74, 6) is -0.0304. The van der Waals surface area contributed by atoms with Crippen LogP contribution in [-0.2, 0) is 26.5 Å². The molecule has 112 valence electrons. The quantitative estimate of drug-likeness (QED) is 0.816. The summed E-state index contributed by atoms with van der Waals surface area (Å²) in [6.07, 6.45) is 0.992. The first-order valence-electron chi connectivity index (χ1n) is 6.25. The zero-order valence-electron chi connectivity index (χ0n) is 10.8. The average molecular weight is 319 g/mol. The molecular formula is C12H17NO5S2. The molecule has 1 saturated heterocycles. The number of hydrogen-bond donors (Lipinski definition) is 2. The van der Waals surface area contributed by atoms with E-state index in [1.807, 2.05) is 0 Å². The van der Waals surface area contributed by atoms with Crippen molar-refractivity contribution in [1.29, 1.82) is 0 Å². The third-order valence-corrected chi connectivity index (χ3v) is 6.56. The third kappa shape index (κ3) is 3.78. The summed E-state index contributed by atoms with van der Waals surface area (Å²) in [5, 5.41) is 8.92. The van der Waals surface area contributed by atoms with E-state index in [0.717, 1.165) is 0 Å². The topological polar surface area (TPSA) is 101 Å². The SMILES string of the molecule is O=S1(=O)CCCC(NS(=O)(=O)c2ccc(CO)cc2)C1. The summed E-state index contributed by atoms with van der Waals surface area (Å²) in [6.45, 7) is -0.158. The molecule has 20 heavy (non-hydrogen) atoms. The van der Waals surface area contributed by atoms with E-state index in [1.165, 1.54) is 24.3 Å². The molecule has 0 spiro atoms. The first-order valence-corrected chi connectivity index (χ1v) is 9.55. The number of benzene rings is 1. The van der Waals surface area contributed by atoms with Crippen LogP contribution in [-0.4, -0.2) is 39.5 Å². The molecule has 1 atom stereocenters. The Morgan fingerprint density at radius 1 is 1.25 bits per heavy atom. The monoisotopic (exact) mass is 319 g/mol. The van der Waals surface area contributed by atoms with Crippen molar-refractivity contribution in [3.8, 4) is 0 Å². The van der Waals surface area contributed by atoms with Crippen LogP contribution < -0.4 is 4.72 Å². The van der Waals surface area contributed by atoms with Crippen LogP contribution >= 0.6 is 0 Å². The highest BCUT2D eigenvalue weighted by Crippen LogP contribution is 2.16. The molecule has 0 aliphatic carbocycles. The Morgan fingerprint density at radius 3 is 2.45 bits per heavy atom. The van der Waals surface area contributed by atoms with Gasteiger partial charge in [-0.2, -0.15) is 0 Å². The van der Waals surface area contributed by atoms with Gasteiger partial charge in [0.25, 0.3) is 0 Å². The Hall–Kier alpha value is -0.960. The van der Waals surface area contributed by atoms with E-state index >= 15 is 0 Å². The first-order chi connectivity index (χ1) is 9.32. The molecule has 0 radical (unpaired) electrons. The van der Waals surface area contributed by atoms with Crippen molar-refractivity contribution in [2.45, 2.75) is 30.4 Å². The number of sulfonamides is 1. The van der Waals surface area contributed by atoms with Crippen LogP contribution in [0.25, 0.3) is 0 Å². The van der Waals surface area contributed by atoms with Crippen molar-refractivity contribution in [1.82, 2.24) is 4.72 Å². The Morgan fingerprint density at radius 2 is 1.90 bits per heavy atom. The van der Waals surface area contributed by atoms with Crippen LogP contribution in [0.15, 0.2) is 29.2 Å². The van der Waals surface area contributed by atoms with Crippen molar-refractivity contribution >= 4 is 19.9 Å². The van der Waals surface area contributed by atoms with Crippen LogP contribution in [0, 0.1) is 0 Å². The summed E-state index contributed by atoms with van der Waals surface area (Å²) < 4.78 is 49.7. The molecule has 6 nitrogen and oxygen atoms in total. The van der Waals surface area contributed by atoms with Gasteiger partial charge >= 0.3 is 0 Å². The average Bonchev–Trinajstić information content (AvgIpc) is 2.37. The highest BCUT2D eigenvalue weighted by Gasteiger charge is 2.28. The highest BCUT2D eigenvalue weighted by atomic mass is 32.2. The molecule has 0 saturated carbocycles. The maximum Gasteiger partial charge on any atom is 0.240 e. The normalized spacial score (nSPS) is 22.6. The molecule has 0 amide bonds. The second kappa shape index (κ2) is 5.80. The van der Waals surface area contributed by atoms with Crippen molar-refractivity contribution < 1.29 is 21.9 Å². The lowest BCUT2D eigenvalue weighted by Crippen LogP contribution is -2.43. The Bertz CT molecular complexity index is 664. The predicted octanol–water partition coefficient (Wildman–Crippen LogP) is 0.0344. The molecule has 0 aromatic heterocycles. The maximum atomic E-state index is 12.1. The van der Waals surface area contributed by atoms with Crippen LogP contribution in [0.2, 0.25) is 0 Å². The number of aliphatic hydroxyl groups is 1. The fourth-order valence-corrected chi connectivity index (χ4v) is 5.19. The van der Waals surface area contributed by atoms with Crippen molar-refractivity contribution in [2.75, 3.05) is 11.5 Å². The lowest BCUT2D eigenvalue weighted by atomic mass is 10.2. The van der Waals surface area contributed by atoms with Gasteiger partial charge in [0, 0.05) is 6.04 Å². The van der Waals surface area contributed by atoms with Gasteiger partial charge < -0.3 is 5.11 Å². The van der Waals surface area contributed by atoms with E-state index in [9.17, 15) is 16.8 Å². The number of aliphatic hydroxyl groups excluding tert-OH is 1. The van der Waals surface area contributed by atoms with Crippen LogP contribution in [0.5, 0.6) is 0 Å². The van der Waals surface area contributed by atoms with Gasteiger partial charge in [0.15, 0.2) is 9.84 Å². The minimum absolute atomic E-state index is 0.0673. The number of nitrogens with one attached hydrogen (secondary N) is 1. The zero-order valence-corrected chi connectivity index (χ0v) is 12.5. The molecule has 1 aliphatic rings. The van der Waals surface area contributed by atoms with E-state index in [1.54, 1.807) is 0 Å². The van der Waals surface area contributed by atoms with Gasteiger partial charge in [0.05, 0.1) is 23.0 Å². The van der Waals surface area contributed by atoms with Gasteiger partial charge in [0.2, 0.25) is 10.0 Å². The van der Waals surface area contributed by atoms with Gasteiger partial charge in [0.1, 0.15) is 0 Å². The molecule has 1 unspecified atom stereocenters. The summed E-state index contributed by atoms with van der Waals surface area (Å²) in [4.78, 5) is 0.0673. The first kappa shape index (κ1) is 15.4. The number of sulfone groups is 1. The minimum Gasteiger partial charge on any atom is -0.392 e. The lowest BCUT2D eigenvalue weighted by Gasteiger charge is -2.22. The Kier molecular flexibility index (Phi) is 4.48. The zero-order chi connectivity index (χ0) is 14.8. The van der Waals surface area contributed by atoms with E-state index in [2.05, 4.69) is 4.72 Å². The maximum absolute atomic E-state index is 12.1. The van der Waals surface area contributed by atoms with E-state index in [0.29, 0.717) is 18.4 Å². The lowest BCUT2D eigenvalue weighted by molar-refractivity contribution is 0.282. The molecular weight excluding hydrogens is 302 g/mol. The molecule has 8 heteroatoms. The summed E-state index contributed by atoms with van der Waals surface area (Å²) in [7, 11) is -6.89. The second-order valence-electron chi connectivity index (χ2n) is 4.88. The fourth-order valence-electron chi connectivity index (χ4n) is 2.18. The van der Waals surface area contributed by atoms with Gasteiger partial charge in [-0.15, -0.1) is 0 Å². The van der Waals surface area contributed by atoms with Crippen molar-refractivity contribution in [3.63, 3.8) is 0 Å². The molecule has 1 fully saturated rings. The largest absolute Gasteiger partial charge is 0.392 e. The summed E-state index contributed by atoms with van der Waals surface area (Å²) in [6, 6.07) is 5.26. The van der Waals surface area contributed by atoms with Crippen LogP contribution in [0.4, 0.5) is 0 Å². The predicted molar refractivity (Wildman–Crippen MR) is 74.4 cm³/mol. The van der Waals surface area contributed by atoms with E-state index in [4.69, 9.17) is 5.11 Å². The summed E-state index contributed by atoms with van der Waals surface area (Å²) in [5.41, 5.74) is 0.615. The molecule has 2 N–H and O–H groups in total. The molecule has 1 aromatic rings. The molecule has 2 rings (SSSR count). The smallest absolute Gasteiger partial charge is 0.240 e. The number of hydrogen-bond acceptors (Lipinski definition) is 5. The van der Waals surface area contributed by atoms with Crippen molar-refractivity contribution in [3.05, 3.63) is 29.8 Å². The van der Waals surface area contributed by atoms with Gasteiger partial charge in [-0.05, 0) is 30.5 Å². The van der Waals surface area contributed by atoms with Gasteiger partial charge in [-0.25, -0.2) is 21.6 Å². The van der Waals surface area contributed by atoms with Gasteiger partial charge in [-0.3, -0.25) is 0 Å². The fraction of sp³-hybridized carbons (Fsp3) is 0.500. The van der Waals surface area contributed by atoms with Crippen LogP contribution in [0.3, 0.4) is 0 Å². The van der Waals surface area contributed by atoms with E-state index < -0.39 is 25.9 Å². The molecule has 1 aliphatic heterocycles. The third-order valence-electron chi connectivity index (χ3n) is 3.20. The molecule has 1 heterocycles. The summed E-state index contributed by atoms with van der Waals surface area (Å²) >= 11 is 0. The van der Waals surface area contributed by atoms with Crippen molar-refractivity contribution in [2.24, 2.45) is 0 Å². The van der Waals surface area contributed by atoms with Crippen LogP contribution in [0.1, 0.15) is 18.4 Å². The van der Waals surface area contributed by atoms with E-state index in [-0.39, 0.29) is 23.0 Å². The molecule has 0 bridgehead atoms. The minimum atomic E-state index is -3.73. The standard InChI is InChI=1S/C12H17NO5S2/c14-8-10-3-5-12(6-4-10)20(17,18)13-11-2-1-7-19(15,16)9-11/h3-6,11,13-14H,1-2,7-9H2. The Labute approximate surface area is 118 Å². The second-order valence-corrected chi connectivity index (χ2v) is 8.82. The number of rotatable bonds is 4. The Balaban J connectivity index is 2.14. The molecule has 1 aromatic carbocycles. The van der Waals surface area contributed by atoms with Gasteiger partial charge in [-0.1, -0.05) is 12.1 Å². The highest BCUT2D eigenvalue weighted by molar-refractivity contribution is 7.91.